The first-order valence-corrected chi connectivity index (χ1v) is 9.54. The summed E-state index contributed by atoms with van der Waals surface area (Å²) in [5, 5.41) is 3.44. The molecule has 0 saturated carbocycles. The Bertz CT molecular complexity index is 880. The van der Waals surface area contributed by atoms with Crippen molar-refractivity contribution in [2.45, 2.75) is 17.4 Å². The first-order chi connectivity index (χ1) is 12.3. The van der Waals surface area contributed by atoms with E-state index in [0.29, 0.717) is 26.3 Å². The topological polar surface area (TPSA) is 49.4 Å². The molecule has 136 valence electrons. The molecule has 0 spiro atoms. The number of imide groups is 1. The number of carbonyl (C=O) groups is 2. The van der Waals surface area contributed by atoms with Crippen molar-refractivity contribution in [2.24, 2.45) is 0 Å². The third kappa shape index (κ3) is 3.54. The molecule has 1 heterocycles. The van der Waals surface area contributed by atoms with Gasteiger partial charge in [0, 0.05) is 32.8 Å². The van der Waals surface area contributed by atoms with Gasteiger partial charge in [-0.05, 0) is 31.2 Å². The van der Waals surface area contributed by atoms with Crippen LogP contribution in [0.1, 0.15) is 12.5 Å². The Morgan fingerprint density at radius 2 is 1.92 bits per heavy atom. The minimum atomic E-state index is -1.26. The molecule has 4 nitrogen and oxygen atoms in total. The van der Waals surface area contributed by atoms with E-state index in [-0.39, 0.29) is 12.4 Å². The van der Waals surface area contributed by atoms with Crippen molar-refractivity contribution in [1.82, 2.24) is 10.2 Å². The zero-order valence-corrected chi connectivity index (χ0v) is 16.1. The molecule has 1 atom stereocenters. The lowest BCUT2D eigenvalue weighted by atomic mass is 9.92. The van der Waals surface area contributed by atoms with E-state index < -0.39 is 17.5 Å². The van der Waals surface area contributed by atoms with Gasteiger partial charge in [0.05, 0.1) is 0 Å². The summed E-state index contributed by atoms with van der Waals surface area (Å²) >= 11 is 13.4. The van der Waals surface area contributed by atoms with Crippen LogP contribution >= 0.6 is 35.0 Å². The second-order valence-electron chi connectivity index (χ2n) is 5.91. The Morgan fingerprint density at radius 3 is 2.62 bits per heavy atom. The van der Waals surface area contributed by atoms with Gasteiger partial charge in [-0.1, -0.05) is 41.4 Å². The fraction of sp³-hybridized carbons (Fsp3) is 0.222. The van der Waals surface area contributed by atoms with Crippen molar-refractivity contribution >= 4 is 46.9 Å². The van der Waals surface area contributed by atoms with Crippen molar-refractivity contribution in [3.05, 3.63) is 63.9 Å². The maximum absolute atomic E-state index is 13.7. The Labute approximate surface area is 164 Å². The summed E-state index contributed by atoms with van der Waals surface area (Å²) < 4.78 is 13.7. The Morgan fingerprint density at radius 1 is 1.19 bits per heavy atom. The van der Waals surface area contributed by atoms with Crippen LogP contribution in [-0.4, -0.2) is 29.1 Å². The maximum atomic E-state index is 13.7. The Balaban J connectivity index is 1.73. The van der Waals surface area contributed by atoms with Gasteiger partial charge in [0.1, 0.15) is 11.4 Å². The first-order valence-electron chi connectivity index (χ1n) is 7.80. The van der Waals surface area contributed by atoms with E-state index >= 15 is 0 Å². The largest absolute Gasteiger partial charge is 0.325 e. The first kappa shape index (κ1) is 19.0. The van der Waals surface area contributed by atoms with Crippen LogP contribution in [0.5, 0.6) is 0 Å². The SMILES string of the molecule is C[C@]1(c2ccc(Cl)cc2Cl)NC(=O)N(CCSc2ccccc2F)C1=O. The number of thioether (sulfide) groups is 1. The third-order valence-electron chi connectivity index (χ3n) is 4.15. The maximum Gasteiger partial charge on any atom is 0.325 e. The molecular weight excluding hydrogens is 398 g/mol. The number of carbonyl (C=O) groups excluding carboxylic acids is 2. The summed E-state index contributed by atoms with van der Waals surface area (Å²) in [4.78, 5) is 26.8. The number of urea groups is 1. The number of halogens is 3. The van der Waals surface area contributed by atoms with Crippen LogP contribution in [0.15, 0.2) is 47.4 Å². The molecule has 2 aromatic rings. The number of nitrogens with one attached hydrogen (secondary N) is 1. The van der Waals surface area contributed by atoms with E-state index in [4.69, 9.17) is 23.2 Å². The van der Waals surface area contributed by atoms with Gasteiger partial charge >= 0.3 is 6.03 Å². The molecule has 3 amide bonds. The van der Waals surface area contributed by atoms with E-state index in [1.807, 2.05) is 0 Å². The number of benzene rings is 2. The molecule has 1 aliphatic rings. The van der Waals surface area contributed by atoms with E-state index in [1.165, 1.54) is 23.9 Å². The molecule has 26 heavy (non-hydrogen) atoms. The van der Waals surface area contributed by atoms with Gasteiger partial charge in [0.2, 0.25) is 0 Å². The van der Waals surface area contributed by atoms with Crippen LogP contribution in [0, 0.1) is 5.82 Å². The Kier molecular flexibility index (Phi) is 5.46. The summed E-state index contributed by atoms with van der Waals surface area (Å²) in [6, 6.07) is 10.6. The Hall–Kier alpha value is -1.76. The minimum absolute atomic E-state index is 0.157. The second kappa shape index (κ2) is 7.47. The molecule has 0 aliphatic carbocycles. The highest BCUT2D eigenvalue weighted by atomic mass is 35.5. The van der Waals surface area contributed by atoms with Gasteiger partial charge in [-0.3, -0.25) is 9.69 Å². The molecule has 0 radical (unpaired) electrons. The summed E-state index contributed by atoms with van der Waals surface area (Å²) in [6.07, 6.45) is 0. The standard InChI is InChI=1S/C18H15Cl2FN2O2S/c1-18(12-7-6-11(19)10-13(12)20)16(24)23(17(25)22-18)8-9-26-15-5-3-2-4-14(15)21/h2-7,10H,8-9H2,1H3,(H,22,25)/t18-/m1/s1. The van der Waals surface area contributed by atoms with Gasteiger partial charge in [-0.25, -0.2) is 9.18 Å². The summed E-state index contributed by atoms with van der Waals surface area (Å²) in [6.45, 7) is 1.76. The van der Waals surface area contributed by atoms with Crippen LogP contribution < -0.4 is 5.32 Å². The summed E-state index contributed by atoms with van der Waals surface area (Å²) in [5.41, 5.74) is -0.785. The van der Waals surface area contributed by atoms with Crippen LogP contribution in [0.2, 0.25) is 10.0 Å². The predicted octanol–water partition coefficient (Wildman–Crippen LogP) is 4.69. The quantitative estimate of drug-likeness (QED) is 0.572. The van der Waals surface area contributed by atoms with Gasteiger partial charge in [0.25, 0.3) is 5.91 Å². The van der Waals surface area contributed by atoms with E-state index in [1.54, 1.807) is 37.3 Å². The third-order valence-corrected chi connectivity index (χ3v) is 5.73. The molecular formula is C18H15Cl2FN2O2S. The van der Waals surface area contributed by atoms with Gasteiger partial charge in [0.15, 0.2) is 0 Å². The molecule has 8 heteroatoms. The van der Waals surface area contributed by atoms with Gasteiger partial charge in [-0.15, -0.1) is 11.8 Å². The van der Waals surface area contributed by atoms with Crippen molar-refractivity contribution < 1.29 is 14.0 Å². The zero-order chi connectivity index (χ0) is 18.9. The van der Waals surface area contributed by atoms with E-state index in [2.05, 4.69) is 5.32 Å². The molecule has 0 unspecified atom stereocenters. The number of nitrogens with zero attached hydrogens (tertiary/aromatic N) is 1. The number of hydrogen-bond donors (Lipinski definition) is 1. The number of hydrogen-bond acceptors (Lipinski definition) is 3. The monoisotopic (exact) mass is 412 g/mol. The van der Waals surface area contributed by atoms with Crippen LogP contribution in [-0.2, 0) is 10.3 Å². The second-order valence-corrected chi connectivity index (χ2v) is 7.90. The molecule has 0 bridgehead atoms. The van der Waals surface area contributed by atoms with Crippen LogP contribution in [0.3, 0.4) is 0 Å². The van der Waals surface area contributed by atoms with Gasteiger partial charge in [-0.2, -0.15) is 0 Å². The molecule has 1 aliphatic heterocycles. The smallest absolute Gasteiger partial charge is 0.319 e. The highest BCUT2D eigenvalue weighted by molar-refractivity contribution is 7.99. The molecule has 1 fully saturated rings. The number of amides is 3. The van der Waals surface area contributed by atoms with Crippen molar-refractivity contribution in [3.8, 4) is 0 Å². The highest BCUT2D eigenvalue weighted by Gasteiger charge is 2.49. The van der Waals surface area contributed by atoms with E-state index in [9.17, 15) is 14.0 Å². The minimum Gasteiger partial charge on any atom is -0.319 e. The van der Waals surface area contributed by atoms with Crippen molar-refractivity contribution in [3.63, 3.8) is 0 Å². The van der Waals surface area contributed by atoms with Crippen molar-refractivity contribution in [2.75, 3.05) is 12.3 Å². The molecule has 2 aromatic carbocycles. The van der Waals surface area contributed by atoms with Gasteiger partial charge < -0.3 is 5.32 Å². The molecule has 3 rings (SSSR count). The summed E-state index contributed by atoms with van der Waals surface area (Å²) in [5.74, 6) is -0.349. The fourth-order valence-electron chi connectivity index (χ4n) is 2.79. The van der Waals surface area contributed by atoms with Crippen LogP contribution in [0.4, 0.5) is 9.18 Å². The molecule has 1 saturated heterocycles. The normalized spacial score (nSPS) is 19.8. The fourth-order valence-corrected chi connectivity index (χ4v) is 4.26. The zero-order valence-electron chi connectivity index (χ0n) is 13.8. The number of rotatable bonds is 5. The lowest BCUT2D eigenvalue weighted by Crippen LogP contribution is -2.41. The van der Waals surface area contributed by atoms with E-state index in [0.717, 1.165) is 4.90 Å². The van der Waals surface area contributed by atoms with Crippen LogP contribution in [0.25, 0.3) is 0 Å². The lowest BCUT2D eigenvalue weighted by Gasteiger charge is -2.23. The molecule has 1 N–H and O–H groups in total. The lowest BCUT2D eigenvalue weighted by molar-refractivity contribution is -0.130. The average molecular weight is 413 g/mol. The highest BCUT2D eigenvalue weighted by Crippen LogP contribution is 2.35. The average Bonchev–Trinajstić information content (AvgIpc) is 2.80. The molecule has 0 aromatic heterocycles. The summed E-state index contributed by atoms with van der Waals surface area (Å²) in [7, 11) is 0. The van der Waals surface area contributed by atoms with Crippen molar-refractivity contribution in [1.29, 1.82) is 0 Å². The predicted molar refractivity (Wildman–Crippen MR) is 101 cm³/mol.